The van der Waals surface area contributed by atoms with Crippen LogP contribution in [0.25, 0.3) is 0 Å². The Hall–Kier alpha value is -1.70. The molecule has 0 radical (unpaired) electrons. The van der Waals surface area contributed by atoms with Crippen LogP contribution in [-0.4, -0.2) is 87.2 Å². The Morgan fingerprint density at radius 3 is 2.28 bits per heavy atom. The molecule has 1 aliphatic heterocycles. The molecule has 178 valence electrons. The number of benzene rings is 1. The molecule has 9 nitrogen and oxygen atoms in total. The number of phenolic OH excluding ortho intramolecular Hbond substituents is 1. The van der Waals surface area contributed by atoms with Gasteiger partial charge < -0.3 is 10.0 Å². The SMILES string of the molecule is CC(C)N(C[C@H]1CN(S(=O)(=O)c2cccs2)CCN1c1ccc(O)cc1)S(=O)(=O)N(C)C. The van der Waals surface area contributed by atoms with Crippen molar-refractivity contribution in [2.75, 3.05) is 45.2 Å². The zero-order chi connectivity index (χ0) is 23.7. The van der Waals surface area contributed by atoms with Gasteiger partial charge in [0, 0.05) is 52.0 Å². The summed E-state index contributed by atoms with van der Waals surface area (Å²) in [5.74, 6) is 0.128. The molecule has 1 N–H and O–H groups in total. The van der Waals surface area contributed by atoms with Crippen LogP contribution in [-0.2, 0) is 20.2 Å². The first kappa shape index (κ1) is 24.9. The number of rotatable bonds is 8. The Bertz CT molecular complexity index is 1100. The van der Waals surface area contributed by atoms with E-state index in [1.54, 1.807) is 55.6 Å². The number of hydrogen-bond donors (Lipinski definition) is 1. The van der Waals surface area contributed by atoms with Crippen LogP contribution in [0.4, 0.5) is 5.69 Å². The van der Waals surface area contributed by atoms with E-state index < -0.39 is 26.3 Å². The predicted molar refractivity (Wildman–Crippen MR) is 127 cm³/mol. The fourth-order valence-electron chi connectivity index (χ4n) is 3.71. The van der Waals surface area contributed by atoms with Gasteiger partial charge in [0.1, 0.15) is 9.96 Å². The molecule has 0 saturated carbocycles. The number of hydrogen-bond acceptors (Lipinski definition) is 7. The third-order valence-electron chi connectivity index (χ3n) is 5.44. The highest BCUT2D eigenvalue weighted by Crippen LogP contribution is 2.28. The molecule has 3 rings (SSSR count). The van der Waals surface area contributed by atoms with Crippen LogP contribution in [0.15, 0.2) is 46.0 Å². The molecule has 1 aromatic heterocycles. The van der Waals surface area contributed by atoms with Crippen molar-refractivity contribution in [3.8, 4) is 5.75 Å². The minimum atomic E-state index is -3.71. The van der Waals surface area contributed by atoms with Crippen LogP contribution in [0, 0.1) is 0 Å². The van der Waals surface area contributed by atoms with Gasteiger partial charge in [-0.1, -0.05) is 6.07 Å². The summed E-state index contributed by atoms with van der Waals surface area (Å²) in [6.07, 6.45) is 0. The summed E-state index contributed by atoms with van der Waals surface area (Å²) in [7, 11) is -4.41. The van der Waals surface area contributed by atoms with Crippen molar-refractivity contribution in [3.63, 3.8) is 0 Å². The fraction of sp³-hybridized carbons (Fsp3) is 0.500. The lowest BCUT2D eigenvalue weighted by Gasteiger charge is -2.44. The Kier molecular flexibility index (Phi) is 7.52. The molecule has 1 aliphatic rings. The smallest absolute Gasteiger partial charge is 0.281 e. The third-order valence-corrected chi connectivity index (χ3v) is 10.8. The Labute approximate surface area is 194 Å². The molecule has 1 saturated heterocycles. The highest BCUT2D eigenvalue weighted by Gasteiger charge is 2.38. The minimum Gasteiger partial charge on any atom is -0.508 e. The summed E-state index contributed by atoms with van der Waals surface area (Å²) in [6, 6.07) is 9.20. The second-order valence-electron chi connectivity index (χ2n) is 8.11. The summed E-state index contributed by atoms with van der Waals surface area (Å²) in [5, 5.41) is 11.4. The quantitative estimate of drug-likeness (QED) is 0.591. The van der Waals surface area contributed by atoms with Gasteiger partial charge in [-0.25, -0.2) is 8.42 Å². The maximum absolute atomic E-state index is 13.2. The van der Waals surface area contributed by atoms with E-state index >= 15 is 0 Å². The zero-order valence-corrected chi connectivity index (χ0v) is 21.1. The zero-order valence-electron chi connectivity index (χ0n) is 18.6. The van der Waals surface area contributed by atoms with Crippen molar-refractivity contribution >= 4 is 37.3 Å². The van der Waals surface area contributed by atoms with Crippen molar-refractivity contribution in [1.82, 2.24) is 12.9 Å². The molecule has 0 amide bonds. The van der Waals surface area contributed by atoms with E-state index in [0.717, 1.165) is 5.69 Å². The summed E-state index contributed by atoms with van der Waals surface area (Å²) >= 11 is 1.17. The second-order valence-corrected chi connectivity index (χ2v) is 13.3. The molecule has 2 heterocycles. The molecule has 2 aromatic rings. The van der Waals surface area contributed by atoms with Crippen LogP contribution >= 0.6 is 11.3 Å². The molecule has 1 aromatic carbocycles. The molecular weight excluding hydrogens is 472 g/mol. The van der Waals surface area contributed by atoms with E-state index in [4.69, 9.17) is 0 Å². The third kappa shape index (κ3) is 5.10. The normalized spacial score (nSPS) is 18.7. The van der Waals surface area contributed by atoms with Crippen LogP contribution in [0.1, 0.15) is 13.8 Å². The highest BCUT2D eigenvalue weighted by atomic mass is 32.2. The summed E-state index contributed by atoms with van der Waals surface area (Å²) in [6.45, 7) is 4.54. The van der Waals surface area contributed by atoms with Gasteiger partial charge in [0.2, 0.25) is 0 Å². The van der Waals surface area contributed by atoms with E-state index in [1.165, 1.54) is 38.3 Å². The van der Waals surface area contributed by atoms with Gasteiger partial charge >= 0.3 is 0 Å². The van der Waals surface area contributed by atoms with Crippen molar-refractivity contribution in [3.05, 3.63) is 41.8 Å². The van der Waals surface area contributed by atoms with Gasteiger partial charge in [-0.15, -0.1) is 11.3 Å². The number of thiophene rings is 1. The topological polar surface area (TPSA) is 101 Å². The number of sulfonamides is 1. The van der Waals surface area contributed by atoms with Crippen LogP contribution in [0.2, 0.25) is 0 Å². The average Bonchev–Trinajstić information content (AvgIpc) is 3.28. The molecule has 32 heavy (non-hydrogen) atoms. The number of nitrogens with zero attached hydrogens (tertiary/aromatic N) is 4. The maximum Gasteiger partial charge on any atom is 0.281 e. The largest absolute Gasteiger partial charge is 0.508 e. The van der Waals surface area contributed by atoms with Crippen LogP contribution < -0.4 is 4.90 Å². The molecule has 12 heteroatoms. The summed E-state index contributed by atoms with van der Waals surface area (Å²) < 4.78 is 56.5. The van der Waals surface area contributed by atoms with Crippen molar-refractivity contribution in [2.45, 2.75) is 30.1 Å². The van der Waals surface area contributed by atoms with Crippen LogP contribution in [0.5, 0.6) is 5.75 Å². The Morgan fingerprint density at radius 2 is 1.75 bits per heavy atom. The molecular formula is C20H30N4O5S3. The monoisotopic (exact) mass is 502 g/mol. The number of phenols is 1. The standard InChI is InChI=1S/C20H30N4O5S3/c1-16(2)24(32(28,29)21(3)4)15-18-14-22(31(26,27)20-6-5-13-30-20)11-12-23(18)17-7-9-19(25)10-8-17/h5-10,13,16,18,25H,11-12,14-15H2,1-4H3/t18-/m1/s1. The second kappa shape index (κ2) is 9.65. The van der Waals surface area contributed by atoms with Gasteiger partial charge in [-0.05, 0) is 49.6 Å². The number of aromatic hydroxyl groups is 1. The lowest BCUT2D eigenvalue weighted by molar-refractivity contribution is 0.261. The summed E-state index contributed by atoms with van der Waals surface area (Å²) in [4.78, 5) is 2.01. The van der Waals surface area contributed by atoms with E-state index in [0.29, 0.717) is 6.54 Å². The van der Waals surface area contributed by atoms with Crippen molar-refractivity contribution in [1.29, 1.82) is 0 Å². The molecule has 0 unspecified atom stereocenters. The van der Waals surface area contributed by atoms with Gasteiger partial charge in [-0.2, -0.15) is 21.3 Å². The highest BCUT2D eigenvalue weighted by molar-refractivity contribution is 7.91. The van der Waals surface area contributed by atoms with Gasteiger partial charge in [-0.3, -0.25) is 0 Å². The summed E-state index contributed by atoms with van der Waals surface area (Å²) in [5.41, 5.74) is 0.798. The number of piperazine rings is 1. The molecule has 0 spiro atoms. The van der Waals surface area contributed by atoms with Gasteiger partial charge in [0.25, 0.3) is 20.2 Å². The molecule has 0 bridgehead atoms. The van der Waals surface area contributed by atoms with Crippen molar-refractivity contribution < 1.29 is 21.9 Å². The number of anilines is 1. The first-order chi connectivity index (χ1) is 14.9. The van der Waals surface area contributed by atoms with E-state index in [-0.39, 0.29) is 35.6 Å². The first-order valence-electron chi connectivity index (χ1n) is 10.2. The predicted octanol–water partition coefficient (Wildman–Crippen LogP) is 1.85. The average molecular weight is 503 g/mol. The van der Waals surface area contributed by atoms with E-state index in [2.05, 4.69) is 0 Å². The van der Waals surface area contributed by atoms with E-state index in [9.17, 15) is 21.9 Å². The van der Waals surface area contributed by atoms with E-state index in [1.807, 2.05) is 4.90 Å². The van der Waals surface area contributed by atoms with Crippen molar-refractivity contribution in [2.24, 2.45) is 0 Å². The first-order valence-corrected chi connectivity index (χ1v) is 13.9. The lowest BCUT2D eigenvalue weighted by atomic mass is 10.1. The lowest BCUT2D eigenvalue weighted by Crippen LogP contribution is -2.60. The van der Waals surface area contributed by atoms with Crippen LogP contribution in [0.3, 0.4) is 0 Å². The Balaban J connectivity index is 1.96. The molecule has 1 fully saturated rings. The molecule has 0 aliphatic carbocycles. The fourth-order valence-corrected chi connectivity index (χ4v) is 7.64. The molecule has 1 atom stereocenters. The van der Waals surface area contributed by atoms with Gasteiger partial charge in [0.05, 0.1) is 6.04 Å². The Morgan fingerprint density at radius 1 is 1.09 bits per heavy atom. The minimum absolute atomic E-state index is 0.121. The maximum atomic E-state index is 13.2. The van der Waals surface area contributed by atoms with Gasteiger partial charge in [0.15, 0.2) is 0 Å².